The third kappa shape index (κ3) is 3.72. The van der Waals surface area contributed by atoms with Crippen LogP contribution in [-0.2, 0) is 16.1 Å². The van der Waals surface area contributed by atoms with Crippen LogP contribution in [0.25, 0.3) is 0 Å². The topological polar surface area (TPSA) is 70.5 Å². The summed E-state index contributed by atoms with van der Waals surface area (Å²) in [6.07, 6.45) is 5.50. The Hall–Kier alpha value is -1.60. The lowest BCUT2D eigenvalue weighted by Gasteiger charge is -2.47. The van der Waals surface area contributed by atoms with Gasteiger partial charge in [0.15, 0.2) is 0 Å². The maximum atomic E-state index is 12.5. The average molecular weight is 354 g/mol. The fourth-order valence-corrected chi connectivity index (χ4v) is 3.92. The first-order valence-corrected chi connectivity index (χ1v) is 8.86. The molecule has 3 heterocycles. The van der Waals surface area contributed by atoms with Gasteiger partial charge in [0, 0.05) is 44.8 Å². The van der Waals surface area contributed by atoms with Crippen LogP contribution in [0, 0.1) is 5.92 Å². The Labute approximate surface area is 146 Å². The number of nitrogens with one attached hydrogen (secondary N) is 1. The van der Waals surface area contributed by atoms with Gasteiger partial charge in [-0.1, -0.05) is 11.6 Å². The Morgan fingerprint density at radius 1 is 1.46 bits per heavy atom. The normalized spacial score (nSPS) is 24.2. The fraction of sp³-hybridized carbons (Fsp3) is 0.688. The van der Waals surface area contributed by atoms with E-state index in [1.807, 2.05) is 16.8 Å². The van der Waals surface area contributed by atoms with Crippen molar-refractivity contribution in [3.63, 3.8) is 0 Å². The minimum atomic E-state index is 0.0619. The van der Waals surface area contributed by atoms with E-state index in [-0.39, 0.29) is 24.4 Å². The third-order valence-corrected chi connectivity index (χ3v) is 5.19. The molecule has 2 atom stereocenters. The predicted octanol–water partition coefficient (Wildman–Crippen LogP) is 0.595. The number of halogens is 1. The van der Waals surface area contributed by atoms with Crippen molar-refractivity contribution in [2.75, 3.05) is 33.2 Å². The van der Waals surface area contributed by atoms with Gasteiger partial charge in [0.1, 0.15) is 6.54 Å². The summed E-state index contributed by atoms with van der Waals surface area (Å²) in [6.45, 7) is 3.18. The van der Waals surface area contributed by atoms with Crippen molar-refractivity contribution in [3.05, 3.63) is 17.4 Å². The first kappa shape index (κ1) is 17.2. The van der Waals surface area contributed by atoms with E-state index in [1.165, 1.54) is 6.20 Å². The highest BCUT2D eigenvalue weighted by atomic mass is 35.5. The van der Waals surface area contributed by atoms with Gasteiger partial charge in [-0.2, -0.15) is 5.10 Å². The van der Waals surface area contributed by atoms with Crippen LogP contribution in [0.2, 0.25) is 5.02 Å². The number of fused-ring (bicyclic) bond motifs is 1. The number of rotatable bonds is 5. The molecule has 8 heteroatoms. The minimum Gasteiger partial charge on any atom is -0.341 e. The molecule has 2 amide bonds. The molecule has 0 unspecified atom stereocenters. The summed E-state index contributed by atoms with van der Waals surface area (Å²) in [5.74, 6) is 0.683. The Bertz CT molecular complexity index is 605. The first-order valence-electron chi connectivity index (χ1n) is 8.48. The van der Waals surface area contributed by atoms with E-state index in [9.17, 15) is 9.59 Å². The van der Waals surface area contributed by atoms with Crippen LogP contribution in [0.5, 0.6) is 0 Å². The summed E-state index contributed by atoms with van der Waals surface area (Å²) in [7, 11) is 1.90. The van der Waals surface area contributed by atoms with E-state index in [0.717, 1.165) is 32.5 Å². The van der Waals surface area contributed by atoms with Gasteiger partial charge in [0.2, 0.25) is 11.8 Å². The molecule has 132 valence electrons. The molecular weight excluding hydrogens is 330 g/mol. The van der Waals surface area contributed by atoms with E-state index in [2.05, 4.69) is 10.4 Å². The van der Waals surface area contributed by atoms with Crippen LogP contribution in [0.3, 0.4) is 0 Å². The van der Waals surface area contributed by atoms with Crippen LogP contribution in [0.1, 0.15) is 19.3 Å². The zero-order valence-electron chi connectivity index (χ0n) is 13.9. The van der Waals surface area contributed by atoms with Gasteiger partial charge in [-0.05, 0) is 25.8 Å². The van der Waals surface area contributed by atoms with Gasteiger partial charge in [-0.25, -0.2) is 0 Å². The molecule has 1 aromatic heterocycles. The molecule has 3 rings (SSSR count). The number of hydrogen-bond acceptors (Lipinski definition) is 4. The maximum Gasteiger partial charge on any atom is 0.244 e. The smallest absolute Gasteiger partial charge is 0.244 e. The lowest BCUT2D eigenvalue weighted by molar-refractivity contribution is -0.144. The van der Waals surface area contributed by atoms with Crippen molar-refractivity contribution in [2.45, 2.75) is 31.8 Å². The van der Waals surface area contributed by atoms with Gasteiger partial charge in [0.25, 0.3) is 0 Å². The standard InChI is InChI=1S/C16H24ClN5O2/c1-18-5-7-22-14-4-6-20(9-12(14)2-3-15(22)23)16(24)11-21-10-13(17)8-19-21/h8,10,12,14,18H,2-7,9,11H2,1H3/t12-,14+/m0/s1. The van der Waals surface area contributed by atoms with Crippen molar-refractivity contribution >= 4 is 23.4 Å². The molecule has 2 saturated heterocycles. The second-order valence-electron chi connectivity index (χ2n) is 6.54. The molecule has 0 radical (unpaired) electrons. The largest absolute Gasteiger partial charge is 0.341 e. The molecule has 0 aliphatic carbocycles. The van der Waals surface area contributed by atoms with Crippen LogP contribution in [0.4, 0.5) is 0 Å². The Balaban J connectivity index is 1.59. The highest BCUT2D eigenvalue weighted by Crippen LogP contribution is 2.31. The zero-order chi connectivity index (χ0) is 17.1. The molecule has 2 fully saturated rings. The quantitative estimate of drug-likeness (QED) is 0.841. The summed E-state index contributed by atoms with van der Waals surface area (Å²) in [5.41, 5.74) is 0. The molecule has 2 aliphatic rings. The molecule has 0 aromatic carbocycles. The Morgan fingerprint density at radius 2 is 2.29 bits per heavy atom. The number of piperidine rings is 2. The van der Waals surface area contributed by atoms with Gasteiger partial charge < -0.3 is 15.1 Å². The number of likely N-dealkylation sites (tertiary alicyclic amines) is 2. The van der Waals surface area contributed by atoms with E-state index in [1.54, 1.807) is 10.9 Å². The average Bonchev–Trinajstić information content (AvgIpc) is 2.98. The second-order valence-corrected chi connectivity index (χ2v) is 6.98. The number of carbonyl (C=O) groups is 2. The molecular formula is C16H24ClN5O2. The summed E-state index contributed by atoms with van der Waals surface area (Å²) in [4.78, 5) is 28.6. The molecule has 1 aromatic rings. The Kier molecular flexibility index (Phi) is 5.40. The molecule has 0 bridgehead atoms. The second kappa shape index (κ2) is 7.53. The summed E-state index contributed by atoms with van der Waals surface area (Å²) in [5, 5.41) is 7.71. The van der Waals surface area contributed by atoms with Crippen molar-refractivity contribution < 1.29 is 9.59 Å². The summed E-state index contributed by atoms with van der Waals surface area (Å²) < 4.78 is 1.57. The molecule has 7 nitrogen and oxygen atoms in total. The number of likely N-dealkylation sites (N-methyl/N-ethyl adjacent to an activating group) is 1. The Morgan fingerprint density at radius 3 is 3.00 bits per heavy atom. The van der Waals surface area contributed by atoms with Crippen molar-refractivity contribution in [1.82, 2.24) is 24.9 Å². The molecule has 24 heavy (non-hydrogen) atoms. The highest BCUT2D eigenvalue weighted by Gasteiger charge is 2.39. The van der Waals surface area contributed by atoms with Gasteiger partial charge in [-0.3, -0.25) is 14.3 Å². The number of aromatic nitrogens is 2. The SMILES string of the molecule is CNCCN1C(=O)CC[C@H]2CN(C(=O)Cn3cc(Cl)cn3)CC[C@H]21. The number of carbonyl (C=O) groups excluding carboxylic acids is 2. The predicted molar refractivity (Wildman–Crippen MR) is 90.6 cm³/mol. The van der Waals surface area contributed by atoms with Crippen molar-refractivity contribution in [1.29, 1.82) is 0 Å². The van der Waals surface area contributed by atoms with Crippen LogP contribution < -0.4 is 5.32 Å². The third-order valence-electron chi connectivity index (χ3n) is 5.00. The van der Waals surface area contributed by atoms with Crippen molar-refractivity contribution in [3.8, 4) is 0 Å². The van der Waals surface area contributed by atoms with E-state index < -0.39 is 0 Å². The number of nitrogens with zero attached hydrogens (tertiary/aromatic N) is 4. The highest BCUT2D eigenvalue weighted by molar-refractivity contribution is 6.30. The van der Waals surface area contributed by atoms with Gasteiger partial charge >= 0.3 is 0 Å². The van der Waals surface area contributed by atoms with Crippen LogP contribution in [-0.4, -0.2) is 70.7 Å². The molecule has 0 saturated carbocycles. The lowest BCUT2D eigenvalue weighted by atomic mass is 9.83. The fourth-order valence-electron chi connectivity index (χ4n) is 3.76. The summed E-state index contributed by atoms with van der Waals surface area (Å²) in [6, 6.07) is 0.266. The van der Waals surface area contributed by atoms with E-state index in [4.69, 9.17) is 11.6 Å². The molecule has 1 N–H and O–H groups in total. The molecule has 2 aliphatic heterocycles. The number of hydrogen-bond donors (Lipinski definition) is 1. The first-order chi connectivity index (χ1) is 11.6. The monoisotopic (exact) mass is 353 g/mol. The number of amides is 2. The summed E-state index contributed by atoms with van der Waals surface area (Å²) >= 11 is 5.84. The minimum absolute atomic E-state index is 0.0619. The van der Waals surface area contributed by atoms with Gasteiger partial charge in [-0.15, -0.1) is 0 Å². The zero-order valence-corrected chi connectivity index (χ0v) is 14.7. The lowest BCUT2D eigenvalue weighted by Crippen LogP contribution is -2.58. The molecule has 0 spiro atoms. The van der Waals surface area contributed by atoms with Gasteiger partial charge in [0.05, 0.1) is 11.2 Å². The van der Waals surface area contributed by atoms with E-state index in [0.29, 0.717) is 23.9 Å². The van der Waals surface area contributed by atoms with Crippen molar-refractivity contribution in [2.24, 2.45) is 5.92 Å². The van der Waals surface area contributed by atoms with E-state index >= 15 is 0 Å². The van der Waals surface area contributed by atoms with Crippen LogP contribution >= 0.6 is 11.6 Å². The maximum absolute atomic E-state index is 12.5. The van der Waals surface area contributed by atoms with Crippen LogP contribution in [0.15, 0.2) is 12.4 Å².